The van der Waals surface area contributed by atoms with Crippen LogP contribution in [0.15, 0.2) is 135 Å². The SMILES string of the molecule is CC1(C)OB(c2cc(Cl)c3oc(CNC(=O)/C=C/c4ccc(N)nc4)cc3c2)OC1(C)C.Nc1ccc(/C=C/C(=O)NCc2cc3cc(-c4ccc(C(=O)N5CCOCC5)c(F)c4)cc(Cl)c3o2)cn1.O=C(c1ccc(Br)cc1F)N1CCOCC1. The van der Waals surface area contributed by atoms with Crippen molar-refractivity contribution in [2.45, 2.75) is 52.0 Å². The fourth-order valence-corrected chi connectivity index (χ4v) is 9.92. The van der Waals surface area contributed by atoms with Gasteiger partial charge in [0.15, 0.2) is 11.2 Å². The number of carbonyl (C=O) groups excluding carboxylic acids is 4. The minimum atomic E-state index is -0.603. The first-order valence-electron chi connectivity index (χ1n) is 27.2. The molecule has 4 aromatic carbocycles. The lowest BCUT2D eigenvalue weighted by atomic mass is 9.78. The number of pyridine rings is 2. The van der Waals surface area contributed by atoms with Crippen LogP contribution >= 0.6 is 39.1 Å². The summed E-state index contributed by atoms with van der Waals surface area (Å²) in [6.45, 7) is 12.2. The van der Waals surface area contributed by atoms with Gasteiger partial charge in [0.25, 0.3) is 11.8 Å². The number of morpholine rings is 2. The van der Waals surface area contributed by atoms with E-state index >= 15 is 0 Å². The van der Waals surface area contributed by atoms with Gasteiger partial charge in [-0.2, -0.15) is 0 Å². The van der Waals surface area contributed by atoms with Gasteiger partial charge in [0.05, 0.1) is 71.9 Å². The summed E-state index contributed by atoms with van der Waals surface area (Å²) in [5.74, 6) is -0.366. The highest BCUT2D eigenvalue weighted by atomic mass is 79.9. The van der Waals surface area contributed by atoms with Gasteiger partial charge in [-0.15, -0.1) is 0 Å². The van der Waals surface area contributed by atoms with E-state index in [0.717, 1.165) is 22.0 Å². The number of fused-ring (bicyclic) bond motifs is 2. The fraction of sp³-hybridized carbons (Fsp3) is 0.258. The highest BCUT2D eigenvalue weighted by Gasteiger charge is 2.52. The van der Waals surface area contributed by atoms with E-state index in [1.165, 1.54) is 36.4 Å². The van der Waals surface area contributed by atoms with Crippen LogP contribution in [0.5, 0.6) is 0 Å². The summed E-state index contributed by atoms with van der Waals surface area (Å²) < 4.78 is 63.4. The van der Waals surface area contributed by atoms with Gasteiger partial charge < -0.3 is 59.5 Å². The predicted octanol–water partition coefficient (Wildman–Crippen LogP) is 10.4. The number of rotatable bonds is 12. The molecule has 0 aliphatic carbocycles. The van der Waals surface area contributed by atoms with Gasteiger partial charge in [-0.1, -0.05) is 51.3 Å². The molecule has 6 N–H and O–H groups in total. The summed E-state index contributed by atoms with van der Waals surface area (Å²) in [6, 6.07) is 26.7. The normalized spacial score (nSPS) is 15.6. The number of nitrogens with zero attached hydrogens (tertiary/aromatic N) is 4. The molecule has 4 aromatic heterocycles. The predicted molar refractivity (Wildman–Crippen MR) is 330 cm³/mol. The van der Waals surface area contributed by atoms with E-state index in [1.54, 1.807) is 88.9 Å². The molecule has 0 saturated carbocycles. The molecule has 3 aliphatic rings. The number of benzene rings is 4. The number of halogens is 5. The average Bonchev–Trinajstić information content (AvgIpc) is 4.38. The van der Waals surface area contributed by atoms with Gasteiger partial charge >= 0.3 is 7.12 Å². The van der Waals surface area contributed by atoms with Crippen molar-refractivity contribution in [2.24, 2.45) is 0 Å². The fourth-order valence-electron chi connectivity index (χ4n) is 9.05. The maximum atomic E-state index is 14.9. The van der Waals surface area contributed by atoms with E-state index in [0.29, 0.717) is 118 Å². The summed E-state index contributed by atoms with van der Waals surface area (Å²) in [7, 11) is -0.520. The number of nitrogen functional groups attached to an aromatic ring is 2. The zero-order valence-corrected chi connectivity index (χ0v) is 50.4. The molecule has 0 unspecified atom stereocenters. The van der Waals surface area contributed by atoms with Crippen molar-refractivity contribution in [3.05, 3.63) is 182 Å². The van der Waals surface area contributed by atoms with E-state index in [2.05, 4.69) is 36.5 Å². The Morgan fingerprint density at radius 2 is 1.08 bits per heavy atom. The Balaban J connectivity index is 0.000000166. The number of hydrogen-bond acceptors (Lipinski definition) is 14. The standard InChI is InChI=1S/C28H24ClFN4O4.C23H25BClN3O4.C11H11BrFNO2/c29-23-13-19(18-3-4-22(24(30)14-18)28(36)34-7-9-37-10-8-34)11-20-12-21(38-27(20)23)16-33-26(35)6-2-17-1-5-25(31)32-15-17;1-22(2)23(3,4)32-24(31-22)16-9-15-10-17(30-21(15)18(25)11-16)13-28-20(29)8-6-14-5-7-19(26)27-12-14;12-8-1-2-9(10(13)7-8)11(15)14-3-5-16-6-4-14/h1-6,11-15H,7-10,16H2,(H2,31,32)(H,33,35);5-12H,13H2,1-4H3,(H2,26,27)(H,28,29);1-2,7H,3-6H2/b6-2+;8-6+;. The van der Waals surface area contributed by atoms with Crippen LogP contribution < -0.4 is 27.6 Å². The smallest absolute Gasteiger partial charge is 0.458 e. The minimum absolute atomic E-state index is 0.0193. The van der Waals surface area contributed by atoms with Crippen LogP contribution in [-0.4, -0.2) is 114 Å². The first kappa shape index (κ1) is 62.6. The van der Waals surface area contributed by atoms with Crippen LogP contribution in [0.4, 0.5) is 20.4 Å². The largest absolute Gasteiger partial charge is 0.494 e. The molecule has 8 aromatic rings. The van der Waals surface area contributed by atoms with Crippen molar-refractivity contribution in [1.29, 1.82) is 0 Å². The number of amides is 4. The van der Waals surface area contributed by atoms with Crippen LogP contribution in [0.25, 0.3) is 45.2 Å². The molecule has 0 bridgehead atoms. The Labute approximate surface area is 513 Å². The average molecular weight is 1280 g/mol. The van der Waals surface area contributed by atoms with Crippen LogP contribution in [0.2, 0.25) is 10.0 Å². The molecule has 0 radical (unpaired) electrons. The molecule has 3 aliphatic heterocycles. The van der Waals surface area contributed by atoms with Crippen molar-refractivity contribution < 1.29 is 55.6 Å². The van der Waals surface area contributed by atoms with Gasteiger partial charge in [0.2, 0.25) is 11.8 Å². The molecule has 4 amide bonds. The molecule has 11 rings (SSSR count). The molecular formula is C62H60BBrCl2F2N8O10. The van der Waals surface area contributed by atoms with Crippen molar-refractivity contribution >= 4 is 121 Å². The van der Waals surface area contributed by atoms with Crippen molar-refractivity contribution in [2.75, 3.05) is 64.1 Å². The molecule has 3 fully saturated rings. The Bertz CT molecular complexity index is 3840. The summed E-state index contributed by atoms with van der Waals surface area (Å²) in [5, 5.41) is 7.88. The van der Waals surface area contributed by atoms with Gasteiger partial charge in [0, 0.05) is 66.0 Å². The molecule has 24 heteroatoms. The van der Waals surface area contributed by atoms with Crippen LogP contribution in [0.3, 0.4) is 0 Å². The summed E-state index contributed by atoms with van der Waals surface area (Å²) in [6.07, 6.45) is 9.27. The zero-order valence-electron chi connectivity index (χ0n) is 47.3. The molecule has 446 valence electrons. The lowest BCUT2D eigenvalue weighted by Gasteiger charge is -2.32. The molecule has 0 spiro atoms. The topological polar surface area (TPSA) is 240 Å². The lowest BCUT2D eigenvalue weighted by molar-refractivity contribution is -0.117. The maximum absolute atomic E-state index is 14.9. The zero-order chi connectivity index (χ0) is 61.3. The van der Waals surface area contributed by atoms with Crippen LogP contribution in [0, 0.1) is 11.6 Å². The molecule has 0 atom stereocenters. The summed E-state index contributed by atoms with van der Waals surface area (Å²) in [4.78, 5) is 60.1. The number of carbonyl (C=O) groups is 4. The molecule has 18 nitrogen and oxygen atoms in total. The molecular weight excluding hydrogens is 1220 g/mol. The number of furan rings is 2. The number of aromatic nitrogens is 2. The van der Waals surface area contributed by atoms with E-state index in [1.807, 2.05) is 45.9 Å². The van der Waals surface area contributed by atoms with Crippen LogP contribution in [0.1, 0.15) is 71.1 Å². The van der Waals surface area contributed by atoms with Crippen LogP contribution in [-0.2, 0) is 41.5 Å². The van der Waals surface area contributed by atoms with E-state index in [9.17, 15) is 28.0 Å². The van der Waals surface area contributed by atoms with E-state index in [-0.39, 0.29) is 47.8 Å². The number of ether oxygens (including phenoxy) is 2. The monoisotopic (exact) mass is 1270 g/mol. The Morgan fingerprint density at radius 1 is 0.616 bits per heavy atom. The lowest BCUT2D eigenvalue weighted by Crippen LogP contribution is -2.41. The third-order valence-corrected chi connectivity index (χ3v) is 15.5. The first-order valence-corrected chi connectivity index (χ1v) is 28.8. The van der Waals surface area contributed by atoms with Crippen molar-refractivity contribution in [3.8, 4) is 11.1 Å². The molecule has 86 heavy (non-hydrogen) atoms. The second-order valence-corrected chi connectivity index (χ2v) is 22.8. The Morgan fingerprint density at radius 3 is 1.55 bits per heavy atom. The van der Waals surface area contributed by atoms with Crippen molar-refractivity contribution in [1.82, 2.24) is 30.4 Å². The highest BCUT2D eigenvalue weighted by molar-refractivity contribution is 9.10. The Hall–Kier alpha value is -7.96. The van der Waals surface area contributed by atoms with E-state index in [4.69, 9.17) is 62.3 Å². The number of hydrogen-bond donors (Lipinski definition) is 4. The minimum Gasteiger partial charge on any atom is -0.458 e. The number of nitrogens with two attached hydrogens (primary N) is 2. The Kier molecular flexibility index (Phi) is 20.1. The van der Waals surface area contributed by atoms with E-state index < -0.39 is 30.0 Å². The van der Waals surface area contributed by atoms with Gasteiger partial charge in [0.1, 0.15) is 34.8 Å². The summed E-state index contributed by atoms with van der Waals surface area (Å²) >= 11 is 16.1. The van der Waals surface area contributed by atoms with Gasteiger partial charge in [-0.05, 0) is 152 Å². The third kappa shape index (κ3) is 15.7. The quantitative estimate of drug-likeness (QED) is 0.0658. The number of nitrogens with one attached hydrogen (secondary N) is 2. The third-order valence-electron chi connectivity index (χ3n) is 14.4. The second kappa shape index (κ2) is 27.6. The highest BCUT2D eigenvalue weighted by Crippen LogP contribution is 2.38. The first-order chi connectivity index (χ1) is 41.1. The summed E-state index contributed by atoms with van der Waals surface area (Å²) in [5.41, 5.74) is 15.0. The van der Waals surface area contributed by atoms with Gasteiger partial charge in [-0.25, -0.2) is 18.7 Å². The molecule has 7 heterocycles. The molecule has 3 saturated heterocycles. The van der Waals surface area contributed by atoms with Gasteiger partial charge in [-0.3, -0.25) is 19.2 Å². The van der Waals surface area contributed by atoms with Crippen molar-refractivity contribution in [3.63, 3.8) is 0 Å². The number of anilines is 2. The second-order valence-electron chi connectivity index (χ2n) is 21.1. The maximum Gasteiger partial charge on any atom is 0.494 e.